The van der Waals surface area contributed by atoms with Crippen molar-refractivity contribution < 1.29 is 14.0 Å². The molecule has 1 saturated heterocycles. The van der Waals surface area contributed by atoms with Crippen LogP contribution in [0.25, 0.3) is 0 Å². The van der Waals surface area contributed by atoms with Crippen LogP contribution >= 0.6 is 0 Å². The number of rotatable bonds is 5. The van der Waals surface area contributed by atoms with Gasteiger partial charge >= 0.3 is 0 Å². The van der Waals surface area contributed by atoms with Crippen LogP contribution in [0, 0.1) is 12.8 Å². The summed E-state index contributed by atoms with van der Waals surface area (Å²) in [6.45, 7) is 3.84. The molecule has 2 amide bonds. The highest BCUT2D eigenvalue weighted by atomic mass is 16.3. The van der Waals surface area contributed by atoms with Crippen molar-refractivity contribution in [1.82, 2.24) is 5.32 Å². The lowest BCUT2D eigenvalue weighted by molar-refractivity contribution is -0.122. The predicted octanol–water partition coefficient (Wildman–Crippen LogP) is 2.22. The van der Waals surface area contributed by atoms with Crippen LogP contribution in [0.4, 0.5) is 5.69 Å². The third kappa shape index (κ3) is 4.21. The van der Waals surface area contributed by atoms with Crippen LogP contribution in [0.15, 0.2) is 40.8 Å². The fourth-order valence-electron chi connectivity index (χ4n) is 3.09. The Morgan fingerprint density at radius 1 is 1.24 bits per heavy atom. The summed E-state index contributed by atoms with van der Waals surface area (Å²) in [6, 6.07) is 11.4. The minimum Gasteiger partial charge on any atom is -0.456 e. The van der Waals surface area contributed by atoms with Gasteiger partial charge in [0.2, 0.25) is 5.91 Å². The van der Waals surface area contributed by atoms with E-state index >= 15 is 0 Å². The average molecular weight is 341 g/mol. The number of nitrogens with one attached hydrogen (secondary N) is 1. The van der Waals surface area contributed by atoms with E-state index in [1.807, 2.05) is 24.3 Å². The first-order valence-electron chi connectivity index (χ1n) is 8.51. The third-order valence-corrected chi connectivity index (χ3v) is 4.54. The summed E-state index contributed by atoms with van der Waals surface area (Å²) >= 11 is 0. The molecule has 6 heteroatoms. The van der Waals surface area contributed by atoms with Gasteiger partial charge in [0.25, 0.3) is 5.91 Å². The third-order valence-electron chi connectivity index (χ3n) is 4.54. The van der Waals surface area contributed by atoms with Gasteiger partial charge in [0.05, 0.1) is 5.92 Å². The molecule has 1 aromatic carbocycles. The van der Waals surface area contributed by atoms with Crippen molar-refractivity contribution in [2.75, 3.05) is 18.0 Å². The molecule has 2 heterocycles. The Morgan fingerprint density at radius 2 is 2.00 bits per heavy atom. The van der Waals surface area contributed by atoms with Crippen LogP contribution in [0.5, 0.6) is 0 Å². The smallest absolute Gasteiger partial charge is 0.287 e. The molecule has 3 rings (SSSR count). The van der Waals surface area contributed by atoms with Crippen molar-refractivity contribution in [2.24, 2.45) is 11.7 Å². The summed E-state index contributed by atoms with van der Waals surface area (Å²) in [6.07, 6.45) is 1.83. The molecule has 1 atom stereocenters. The van der Waals surface area contributed by atoms with E-state index in [9.17, 15) is 9.59 Å². The van der Waals surface area contributed by atoms with Crippen LogP contribution in [-0.2, 0) is 11.3 Å². The number of anilines is 1. The summed E-state index contributed by atoms with van der Waals surface area (Å²) in [5, 5.41) is 2.84. The summed E-state index contributed by atoms with van der Waals surface area (Å²) < 4.78 is 5.31. The Kier molecular flexibility index (Phi) is 5.07. The van der Waals surface area contributed by atoms with Crippen molar-refractivity contribution in [2.45, 2.75) is 26.3 Å². The van der Waals surface area contributed by atoms with Crippen molar-refractivity contribution in [3.63, 3.8) is 0 Å². The van der Waals surface area contributed by atoms with Crippen LogP contribution in [0.3, 0.4) is 0 Å². The van der Waals surface area contributed by atoms with Gasteiger partial charge in [-0.2, -0.15) is 0 Å². The molecule has 0 spiro atoms. The maximum atomic E-state index is 12.0. The van der Waals surface area contributed by atoms with Gasteiger partial charge in [-0.05, 0) is 49.6 Å². The van der Waals surface area contributed by atoms with Gasteiger partial charge in [0.1, 0.15) is 5.76 Å². The van der Waals surface area contributed by atoms with E-state index in [4.69, 9.17) is 10.2 Å². The van der Waals surface area contributed by atoms with Crippen LogP contribution < -0.4 is 16.0 Å². The van der Waals surface area contributed by atoms with Gasteiger partial charge < -0.3 is 20.4 Å². The molecule has 1 aliphatic rings. The van der Waals surface area contributed by atoms with Crippen molar-refractivity contribution in [1.29, 1.82) is 0 Å². The Morgan fingerprint density at radius 3 is 2.64 bits per heavy atom. The fourth-order valence-corrected chi connectivity index (χ4v) is 3.09. The summed E-state index contributed by atoms with van der Waals surface area (Å²) in [7, 11) is 0. The molecule has 0 radical (unpaired) electrons. The largest absolute Gasteiger partial charge is 0.456 e. The zero-order valence-electron chi connectivity index (χ0n) is 14.3. The quantitative estimate of drug-likeness (QED) is 0.873. The normalized spacial score (nSPS) is 17.3. The van der Waals surface area contributed by atoms with Gasteiger partial charge in [-0.15, -0.1) is 0 Å². The van der Waals surface area contributed by atoms with Gasteiger partial charge in [0.15, 0.2) is 5.76 Å². The van der Waals surface area contributed by atoms with Crippen molar-refractivity contribution in [3.8, 4) is 0 Å². The zero-order valence-corrected chi connectivity index (χ0v) is 14.3. The predicted molar refractivity (Wildman–Crippen MR) is 95.2 cm³/mol. The van der Waals surface area contributed by atoms with E-state index in [1.165, 1.54) is 0 Å². The van der Waals surface area contributed by atoms with Crippen LogP contribution in [0.1, 0.15) is 34.7 Å². The first-order chi connectivity index (χ1) is 12.0. The number of amides is 2. The van der Waals surface area contributed by atoms with Crippen LogP contribution in [0.2, 0.25) is 0 Å². The number of hydrogen-bond acceptors (Lipinski definition) is 4. The minimum absolute atomic E-state index is 0.0792. The summed E-state index contributed by atoms with van der Waals surface area (Å²) in [5.41, 5.74) is 7.51. The number of furan rings is 1. The molecule has 132 valence electrons. The Bertz CT molecular complexity index is 752. The fraction of sp³-hybridized carbons (Fsp3) is 0.368. The number of primary amides is 1. The van der Waals surface area contributed by atoms with Crippen LogP contribution in [-0.4, -0.2) is 24.9 Å². The number of nitrogens with zero attached hydrogens (tertiary/aromatic N) is 1. The molecule has 2 aromatic rings. The van der Waals surface area contributed by atoms with Gasteiger partial charge in [-0.1, -0.05) is 12.1 Å². The molecule has 6 nitrogen and oxygen atoms in total. The molecular weight excluding hydrogens is 318 g/mol. The first-order valence-corrected chi connectivity index (χ1v) is 8.51. The number of benzene rings is 1. The topological polar surface area (TPSA) is 88.6 Å². The number of hydrogen-bond donors (Lipinski definition) is 2. The van der Waals surface area contributed by atoms with E-state index in [0.717, 1.165) is 30.6 Å². The van der Waals surface area contributed by atoms with Gasteiger partial charge in [0, 0.05) is 25.3 Å². The van der Waals surface area contributed by atoms with E-state index < -0.39 is 0 Å². The number of carbonyl (C=O) groups is 2. The molecular formula is C19H23N3O3. The number of nitrogens with two attached hydrogens (primary N) is 1. The molecule has 3 N–H and O–H groups in total. The van der Waals surface area contributed by atoms with Crippen molar-refractivity contribution >= 4 is 17.5 Å². The Balaban J connectivity index is 1.57. The Hall–Kier alpha value is -2.76. The number of piperidine rings is 1. The molecule has 1 aliphatic heterocycles. The first kappa shape index (κ1) is 17.1. The molecule has 0 unspecified atom stereocenters. The molecule has 0 aliphatic carbocycles. The molecule has 1 aromatic heterocycles. The molecule has 1 fully saturated rings. The monoisotopic (exact) mass is 341 g/mol. The second-order valence-electron chi connectivity index (χ2n) is 6.45. The lowest BCUT2D eigenvalue weighted by Crippen LogP contribution is -2.41. The highest BCUT2D eigenvalue weighted by molar-refractivity contribution is 5.91. The highest BCUT2D eigenvalue weighted by Crippen LogP contribution is 2.23. The van der Waals surface area contributed by atoms with Gasteiger partial charge in [-0.25, -0.2) is 0 Å². The summed E-state index contributed by atoms with van der Waals surface area (Å²) in [5.74, 6) is 0.504. The zero-order chi connectivity index (χ0) is 17.8. The maximum Gasteiger partial charge on any atom is 0.287 e. The van der Waals surface area contributed by atoms with E-state index in [2.05, 4.69) is 10.2 Å². The van der Waals surface area contributed by atoms with E-state index in [-0.39, 0.29) is 17.7 Å². The van der Waals surface area contributed by atoms with E-state index in [0.29, 0.717) is 24.6 Å². The number of aryl methyl sites for hydroxylation is 1. The molecule has 0 bridgehead atoms. The lowest BCUT2D eigenvalue weighted by atomic mass is 9.97. The van der Waals surface area contributed by atoms with Crippen molar-refractivity contribution in [3.05, 3.63) is 53.5 Å². The number of carbonyl (C=O) groups excluding carboxylic acids is 2. The minimum atomic E-state index is -0.225. The molecule has 25 heavy (non-hydrogen) atoms. The SMILES string of the molecule is Cc1ccc(C(=O)NCc2ccc(N3CCC[C@@H](C(N)=O)C3)cc2)o1. The van der Waals surface area contributed by atoms with E-state index in [1.54, 1.807) is 19.1 Å². The second kappa shape index (κ2) is 7.42. The molecule has 0 saturated carbocycles. The average Bonchev–Trinajstić information content (AvgIpc) is 3.07. The Labute approximate surface area is 147 Å². The second-order valence-corrected chi connectivity index (χ2v) is 6.45. The standard InChI is InChI=1S/C19H23N3O3/c1-13-4-9-17(25-13)19(24)21-11-14-5-7-16(8-6-14)22-10-2-3-15(12-22)18(20)23/h4-9,15H,2-3,10-12H2,1H3,(H2,20,23)(H,21,24)/t15-/m1/s1. The maximum absolute atomic E-state index is 12.0. The summed E-state index contributed by atoms with van der Waals surface area (Å²) in [4.78, 5) is 25.6. The highest BCUT2D eigenvalue weighted by Gasteiger charge is 2.24. The van der Waals surface area contributed by atoms with Gasteiger partial charge in [-0.3, -0.25) is 9.59 Å². The lowest BCUT2D eigenvalue weighted by Gasteiger charge is -2.33.